The highest BCUT2D eigenvalue weighted by molar-refractivity contribution is 7.99. The van der Waals surface area contributed by atoms with Gasteiger partial charge in [0.2, 0.25) is 5.91 Å². The van der Waals surface area contributed by atoms with E-state index >= 15 is 0 Å². The van der Waals surface area contributed by atoms with E-state index in [1.165, 1.54) is 11.8 Å². The molecule has 3 rings (SSSR count). The van der Waals surface area contributed by atoms with Gasteiger partial charge in [-0.25, -0.2) is 13.4 Å². The van der Waals surface area contributed by atoms with Crippen molar-refractivity contribution >= 4 is 38.8 Å². The van der Waals surface area contributed by atoms with Gasteiger partial charge < -0.3 is 5.32 Å². The van der Waals surface area contributed by atoms with Crippen molar-refractivity contribution in [2.75, 3.05) is 11.5 Å². The zero-order chi connectivity index (χ0) is 17.9. The maximum Gasteiger partial charge on any atom is 0.233 e. The molecule has 2 aromatic rings. The molecule has 0 aliphatic carbocycles. The smallest absolute Gasteiger partial charge is 0.233 e. The second-order valence-corrected chi connectivity index (χ2v) is 10.5. The molecule has 1 aliphatic rings. The van der Waals surface area contributed by atoms with Crippen molar-refractivity contribution in [3.05, 3.63) is 41.4 Å². The summed E-state index contributed by atoms with van der Waals surface area (Å²) >= 11 is 3.11. The van der Waals surface area contributed by atoms with Crippen LogP contribution in [0.2, 0.25) is 0 Å². The molecule has 0 radical (unpaired) electrons. The van der Waals surface area contributed by atoms with Crippen molar-refractivity contribution in [2.24, 2.45) is 0 Å². The zero-order valence-electron chi connectivity index (χ0n) is 13.8. The van der Waals surface area contributed by atoms with E-state index in [9.17, 15) is 13.2 Å². The van der Waals surface area contributed by atoms with Gasteiger partial charge in [0.15, 0.2) is 9.84 Å². The molecule has 134 valence electrons. The molecule has 2 heterocycles. The first-order valence-corrected chi connectivity index (χ1v) is 11.8. The second-order valence-electron chi connectivity index (χ2n) is 6.07. The molecule has 0 spiro atoms. The first kappa shape index (κ1) is 18.4. The number of nitrogens with zero attached hydrogens (tertiary/aromatic N) is 1. The summed E-state index contributed by atoms with van der Waals surface area (Å²) in [5.41, 5.74) is 2.05. The van der Waals surface area contributed by atoms with E-state index in [4.69, 9.17) is 0 Å². The largest absolute Gasteiger partial charge is 0.351 e. The average Bonchev–Trinajstić information content (AvgIpc) is 3.19. The third kappa shape index (κ3) is 5.05. The number of carbonyl (C=O) groups is 1. The minimum atomic E-state index is -2.98. The molecule has 1 saturated heterocycles. The first-order chi connectivity index (χ1) is 11.9. The van der Waals surface area contributed by atoms with Gasteiger partial charge in [-0.2, -0.15) is 0 Å². The van der Waals surface area contributed by atoms with E-state index in [0.717, 1.165) is 16.3 Å². The average molecular weight is 397 g/mol. The summed E-state index contributed by atoms with van der Waals surface area (Å²) in [5.74, 6) is 0.773. The molecule has 25 heavy (non-hydrogen) atoms. The lowest BCUT2D eigenvalue weighted by atomic mass is 10.2. The van der Waals surface area contributed by atoms with E-state index < -0.39 is 9.84 Å². The number of hydrogen-bond acceptors (Lipinski definition) is 6. The monoisotopic (exact) mass is 396 g/mol. The standard InChI is InChI=1S/C17H20N2O3S3/c1-12(16(20)18-14-7-8-25(21,22)11-14)23-9-15-10-24-17(19-15)13-5-3-2-4-6-13/h2-6,10,12,14H,7-9,11H2,1H3,(H,18,20). The van der Waals surface area contributed by atoms with E-state index in [1.807, 2.05) is 42.6 Å². The molecule has 1 aliphatic heterocycles. The van der Waals surface area contributed by atoms with Crippen LogP contribution in [0, 0.1) is 0 Å². The maximum absolute atomic E-state index is 12.2. The summed E-state index contributed by atoms with van der Waals surface area (Å²) < 4.78 is 22.9. The number of thioether (sulfide) groups is 1. The second kappa shape index (κ2) is 7.88. The zero-order valence-corrected chi connectivity index (χ0v) is 16.3. The third-order valence-corrected chi connectivity index (χ3v) is 7.89. The molecule has 1 aromatic heterocycles. The highest BCUT2D eigenvalue weighted by Crippen LogP contribution is 2.26. The van der Waals surface area contributed by atoms with Crippen LogP contribution < -0.4 is 5.32 Å². The van der Waals surface area contributed by atoms with Crippen molar-refractivity contribution < 1.29 is 13.2 Å². The molecular formula is C17H20N2O3S3. The van der Waals surface area contributed by atoms with Crippen LogP contribution in [-0.2, 0) is 20.4 Å². The molecule has 5 nitrogen and oxygen atoms in total. The lowest BCUT2D eigenvalue weighted by molar-refractivity contribution is -0.120. The molecule has 0 bridgehead atoms. The highest BCUT2D eigenvalue weighted by atomic mass is 32.2. The van der Waals surface area contributed by atoms with Crippen LogP contribution in [-0.4, -0.2) is 42.1 Å². The summed E-state index contributed by atoms with van der Waals surface area (Å²) in [6.07, 6.45) is 0.512. The van der Waals surface area contributed by atoms with Crippen LogP contribution in [0.25, 0.3) is 10.6 Å². The number of thiazole rings is 1. The Morgan fingerprint density at radius 1 is 1.40 bits per heavy atom. The molecular weight excluding hydrogens is 376 g/mol. The Kier molecular flexibility index (Phi) is 5.81. The fourth-order valence-electron chi connectivity index (χ4n) is 2.60. The van der Waals surface area contributed by atoms with Crippen molar-refractivity contribution in [1.29, 1.82) is 0 Å². The fraction of sp³-hybridized carbons (Fsp3) is 0.412. The van der Waals surface area contributed by atoms with Crippen molar-refractivity contribution in [3.63, 3.8) is 0 Å². The molecule has 2 unspecified atom stereocenters. The number of hydrogen-bond donors (Lipinski definition) is 1. The number of amides is 1. The normalized spacial score (nSPS) is 20.3. The number of carbonyl (C=O) groups excluding carboxylic acids is 1. The summed E-state index contributed by atoms with van der Waals surface area (Å²) in [6, 6.07) is 9.76. The van der Waals surface area contributed by atoms with Gasteiger partial charge in [-0.05, 0) is 13.3 Å². The van der Waals surface area contributed by atoms with Gasteiger partial charge in [0.1, 0.15) is 5.01 Å². The molecule has 1 N–H and O–H groups in total. The number of benzene rings is 1. The lowest BCUT2D eigenvalue weighted by Gasteiger charge is -2.15. The van der Waals surface area contributed by atoms with Crippen LogP contribution in [0.15, 0.2) is 35.7 Å². The van der Waals surface area contributed by atoms with E-state index in [1.54, 1.807) is 11.3 Å². The summed E-state index contributed by atoms with van der Waals surface area (Å²) in [7, 11) is -2.98. The summed E-state index contributed by atoms with van der Waals surface area (Å²) in [6.45, 7) is 1.84. The minimum Gasteiger partial charge on any atom is -0.351 e. The first-order valence-electron chi connectivity index (χ1n) is 8.05. The Morgan fingerprint density at radius 2 is 2.16 bits per heavy atom. The van der Waals surface area contributed by atoms with Gasteiger partial charge in [0, 0.05) is 22.7 Å². The van der Waals surface area contributed by atoms with Crippen LogP contribution in [0.4, 0.5) is 0 Å². The fourth-order valence-corrected chi connectivity index (χ4v) is 5.99. The summed E-state index contributed by atoms with van der Waals surface area (Å²) in [4.78, 5) is 16.8. The number of rotatable bonds is 6. The number of aromatic nitrogens is 1. The van der Waals surface area contributed by atoms with Gasteiger partial charge in [-0.15, -0.1) is 23.1 Å². The molecule has 8 heteroatoms. The van der Waals surface area contributed by atoms with Gasteiger partial charge in [-0.3, -0.25) is 4.79 Å². The van der Waals surface area contributed by atoms with Gasteiger partial charge in [0.05, 0.1) is 22.4 Å². The van der Waals surface area contributed by atoms with Gasteiger partial charge in [0.25, 0.3) is 0 Å². The highest BCUT2D eigenvalue weighted by Gasteiger charge is 2.30. The Hall–Kier alpha value is -1.38. The minimum absolute atomic E-state index is 0.0582. The van der Waals surface area contributed by atoms with Crippen LogP contribution >= 0.6 is 23.1 Å². The maximum atomic E-state index is 12.2. The lowest BCUT2D eigenvalue weighted by Crippen LogP contribution is -2.40. The van der Waals surface area contributed by atoms with E-state index in [0.29, 0.717) is 12.2 Å². The molecule has 1 fully saturated rings. The third-order valence-electron chi connectivity index (χ3n) is 4.00. The van der Waals surface area contributed by atoms with Crippen LogP contribution in [0.3, 0.4) is 0 Å². The quantitative estimate of drug-likeness (QED) is 0.812. The predicted molar refractivity (Wildman–Crippen MR) is 104 cm³/mol. The molecule has 0 saturated carbocycles. The Bertz CT molecular complexity index is 834. The number of sulfone groups is 1. The topological polar surface area (TPSA) is 76.1 Å². The molecule has 2 atom stereocenters. The number of nitrogens with one attached hydrogen (secondary N) is 1. The van der Waals surface area contributed by atoms with Crippen molar-refractivity contribution in [1.82, 2.24) is 10.3 Å². The Morgan fingerprint density at radius 3 is 2.84 bits per heavy atom. The van der Waals surface area contributed by atoms with Crippen molar-refractivity contribution in [2.45, 2.75) is 30.4 Å². The predicted octanol–water partition coefficient (Wildman–Crippen LogP) is 2.74. The Labute approximate surface area is 156 Å². The van der Waals surface area contributed by atoms with Gasteiger partial charge in [-0.1, -0.05) is 30.3 Å². The van der Waals surface area contributed by atoms with E-state index in [-0.39, 0.29) is 28.7 Å². The molecule has 1 amide bonds. The SMILES string of the molecule is CC(SCc1csc(-c2ccccc2)n1)C(=O)NC1CCS(=O)(=O)C1. The molecule has 1 aromatic carbocycles. The van der Waals surface area contributed by atoms with Crippen LogP contribution in [0.1, 0.15) is 19.0 Å². The van der Waals surface area contributed by atoms with E-state index in [2.05, 4.69) is 10.3 Å². The summed E-state index contributed by atoms with van der Waals surface area (Å²) in [5, 5.41) is 5.59. The van der Waals surface area contributed by atoms with Gasteiger partial charge >= 0.3 is 0 Å². The Balaban J connectivity index is 1.50. The van der Waals surface area contributed by atoms with Crippen LogP contribution in [0.5, 0.6) is 0 Å². The van der Waals surface area contributed by atoms with Crippen molar-refractivity contribution in [3.8, 4) is 10.6 Å².